The van der Waals surface area contributed by atoms with Crippen LogP contribution in [0.1, 0.15) is 219 Å². The molecule has 16 nitrogen and oxygen atoms in total. The summed E-state index contributed by atoms with van der Waals surface area (Å²) < 4.78 is 46.7. The molecule has 0 bridgehead atoms. The van der Waals surface area contributed by atoms with E-state index in [-0.39, 0.29) is 208 Å². The zero-order valence-electron chi connectivity index (χ0n) is 43.6. The van der Waals surface area contributed by atoms with E-state index in [1.54, 1.807) is 36.4 Å². The van der Waals surface area contributed by atoms with Gasteiger partial charge in [0, 0.05) is 61.0 Å². The van der Waals surface area contributed by atoms with E-state index >= 15 is 0 Å². The average Bonchev–Trinajstić information content (AvgIpc) is 3.21. The van der Waals surface area contributed by atoms with Gasteiger partial charge in [-0.3, -0.25) is 9.59 Å². The molecule has 2 aliphatic rings. The SMILES string of the molecule is C.C.C.C.C.C.C.C.C.C.C.C.C.C.C.C.C.CC1(C)CC(CC(=O)OC[Si](C)(C)O[Si](C)(C)O[Si](C)(C)COC(=O)CC2CC(C)(C)CC(C)(CNC(=O)Oc3ccc4ccc(=O)oc4c3)C2)CC(C)(CNC(=O)Oc2ccc3ccc(=O)oc3c2)C1. The predicted octanol–water partition coefficient (Wildman–Crippen LogP) is 21.3. The van der Waals surface area contributed by atoms with E-state index in [0.29, 0.717) is 35.0 Å². The average molecular weight is 1310 g/mol. The first-order valence-electron chi connectivity index (χ1n) is 24.6. The van der Waals surface area contributed by atoms with E-state index in [1.807, 2.05) is 39.3 Å². The Labute approximate surface area is 545 Å². The van der Waals surface area contributed by atoms with Gasteiger partial charge in [-0.2, -0.15) is 0 Å². The Morgan fingerprint density at radius 1 is 0.466 bits per heavy atom. The third-order valence-electron chi connectivity index (χ3n) is 13.1. The van der Waals surface area contributed by atoms with E-state index in [4.69, 9.17) is 36.0 Å². The van der Waals surface area contributed by atoms with Crippen molar-refractivity contribution in [3.05, 3.63) is 81.5 Å². The molecule has 4 unspecified atom stereocenters. The number of benzene rings is 2. The van der Waals surface area contributed by atoms with Crippen molar-refractivity contribution >= 4 is 71.3 Å². The molecule has 2 aromatic heterocycles. The van der Waals surface area contributed by atoms with Gasteiger partial charge in [-0.15, -0.1) is 0 Å². The highest BCUT2D eigenvalue weighted by molar-refractivity contribution is 6.87. The van der Waals surface area contributed by atoms with Crippen LogP contribution < -0.4 is 31.4 Å². The summed E-state index contributed by atoms with van der Waals surface area (Å²) in [6, 6.07) is 15.7. The lowest BCUT2D eigenvalue weighted by molar-refractivity contribution is -0.145. The molecule has 0 radical (unpaired) electrons. The number of fused-ring (bicyclic) bond motifs is 2. The molecular formula is C69H142N2O14Si3. The molecule has 2 heterocycles. The second-order valence-corrected chi connectivity index (χ2v) is 36.1. The summed E-state index contributed by atoms with van der Waals surface area (Å²) in [6.07, 6.45) is 4.40. The van der Waals surface area contributed by atoms with E-state index in [0.717, 1.165) is 38.5 Å². The van der Waals surface area contributed by atoms with E-state index < -0.39 is 48.6 Å². The topological polar surface area (TPSA) is 208 Å². The summed E-state index contributed by atoms with van der Waals surface area (Å²) in [5, 5.41) is 7.26. The van der Waals surface area contributed by atoms with Crippen LogP contribution in [0.2, 0.25) is 39.3 Å². The molecular weight excluding hydrogens is 1170 g/mol. The molecule has 0 spiro atoms. The first-order chi connectivity index (χ1) is 32.9. The standard InChI is InChI=1S/C52H74N2O14Si3.17CH4/c1-49(2)25-35(27-51(5,29-49)31-53-47(59)63-39-17-13-37-15-19-43(55)65-41(37)23-39)21-45(57)61-33-69(7,8)67-71(11,12)68-70(9,10)34-62-46(58)22-36-26-50(3,4)30-52(6,28-36)32-54-48(60)64-40-18-14-38-16-20-44(56)66-42(38)24-40;;;;;;;;;;;;;;;;;/h13-20,23-24,35-36H,21-22,25-34H2,1-12H3,(H,53,59)(H,54,60);17*1H4. The normalized spacial score (nSPS) is 18.0. The van der Waals surface area contributed by atoms with Crippen LogP contribution in [0.4, 0.5) is 9.59 Å². The van der Waals surface area contributed by atoms with E-state index in [9.17, 15) is 28.8 Å². The predicted molar refractivity (Wildman–Crippen MR) is 392 cm³/mol. The molecule has 4 aromatic rings. The highest BCUT2D eigenvalue weighted by atomic mass is 28.5. The number of hydrogen-bond donors (Lipinski definition) is 2. The Kier molecular flexibility index (Phi) is 54.8. The van der Waals surface area contributed by atoms with Crippen LogP contribution in [0.3, 0.4) is 0 Å². The fourth-order valence-electron chi connectivity index (χ4n) is 11.8. The summed E-state index contributed by atoms with van der Waals surface area (Å²) in [7, 11) is -7.92. The third-order valence-corrected chi connectivity index (χ3v) is 23.1. The molecule has 2 fully saturated rings. The minimum atomic E-state index is -2.78. The lowest BCUT2D eigenvalue weighted by Crippen LogP contribution is -2.55. The van der Waals surface area contributed by atoms with E-state index in [1.165, 1.54) is 24.3 Å². The minimum Gasteiger partial charge on any atom is -0.466 e. The van der Waals surface area contributed by atoms with Crippen LogP contribution in [0.5, 0.6) is 11.5 Å². The van der Waals surface area contributed by atoms with Gasteiger partial charge in [0.15, 0.2) is 0 Å². The summed E-state index contributed by atoms with van der Waals surface area (Å²) in [6.45, 7) is 25.7. The van der Waals surface area contributed by atoms with Gasteiger partial charge in [0.2, 0.25) is 16.6 Å². The van der Waals surface area contributed by atoms with Gasteiger partial charge in [0.25, 0.3) is 0 Å². The molecule has 4 atom stereocenters. The van der Waals surface area contributed by atoms with Gasteiger partial charge < -0.3 is 46.6 Å². The number of esters is 2. The Balaban J connectivity index is -0.000000340. The number of nitrogens with one attached hydrogen (secondary N) is 2. The van der Waals surface area contributed by atoms with Crippen LogP contribution in [0, 0.1) is 33.5 Å². The monoisotopic (exact) mass is 1310 g/mol. The second kappa shape index (κ2) is 43.6. The van der Waals surface area contributed by atoms with Crippen molar-refractivity contribution in [1.29, 1.82) is 0 Å². The van der Waals surface area contributed by atoms with Gasteiger partial charge in [-0.25, -0.2) is 19.2 Å². The maximum atomic E-state index is 13.4. The third kappa shape index (κ3) is 34.2. The molecule has 6 rings (SSSR count). The molecule has 2 amide bonds. The largest absolute Gasteiger partial charge is 0.466 e. The molecule has 2 aliphatic carbocycles. The van der Waals surface area contributed by atoms with Gasteiger partial charge >= 0.3 is 43.9 Å². The number of carbonyl (C=O) groups excluding carboxylic acids is 4. The highest BCUT2D eigenvalue weighted by Crippen LogP contribution is 2.50. The van der Waals surface area contributed by atoms with Crippen LogP contribution in [0.15, 0.2) is 79.1 Å². The molecule has 0 aliphatic heterocycles. The molecule has 2 N–H and O–H groups in total. The number of amides is 2. The number of hydrogen-bond acceptors (Lipinski definition) is 14. The highest BCUT2D eigenvalue weighted by Gasteiger charge is 2.45. The van der Waals surface area contributed by atoms with Gasteiger partial charge in [-0.1, -0.05) is 168 Å². The first kappa shape index (κ1) is 111. The molecule has 19 heteroatoms. The summed E-state index contributed by atoms with van der Waals surface area (Å²) >= 11 is 0. The summed E-state index contributed by atoms with van der Waals surface area (Å²) in [4.78, 5) is 75.9. The van der Waals surface area contributed by atoms with Crippen molar-refractivity contribution in [2.75, 3.05) is 25.5 Å². The lowest BCUT2D eigenvalue weighted by Gasteiger charge is -2.46. The van der Waals surface area contributed by atoms with E-state index in [2.05, 4.69) is 52.2 Å². The molecule has 0 saturated heterocycles. The van der Waals surface area contributed by atoms with Crippen molar-refractivity contribution in [2.45, 2.75) is 258 Å². The number of ether oxygens (including phenoxy) is 4. The van der Waals surface area contributed by atoms with Gasteiger partial charge in [0.05, 0.1) is 0 Å². The number of carbonyl (C=O) groups is 4. The smallest absolute Gasteiger partial charge is 0.412 e. The fraction of sp³-hybridized carbons (Fsp3) is 0.681. The van der Waals surface area contributed by atoms with Crippen LogP contribution >= 0.6 is 0 Å². The Bertz CT molecular complexity index is 2540. The second-order valence-electron chi connectivity index (χ2n) is 24.1. The maximum absolute atomic E-state index is 13.4. The lowest BCUT2D eigenvalue weighted by atomic mass is 9.60. The summed E-state index contributed by atoms with van der Waals surface area (Å²) in [5.74, 6) is 0.0384. The fourth-order valence-corrected chi connectivity index (χ4v) is 24.5. The van der Waals surface area contributed by atoms with Crippen molar-refractivity contribution in [2.24, 2.45) is 33.5 Å². The van der Waals surface area contributed by atoms with Crippen molar-refractivity contribution in [1.82, 2.24) is 10.6 Å². The van der Waals surface area contributed by atoms with Crippen molar-refractivity contribution < 1.29 is 55.2 Å². The molecule has 2 aromatic carbocycles. The van der Waals surface area contributed by atoms with Gasteiger partial charge in [-0.05, 0) is 148 Å². The minimum absolute atomic E-state index is 0. The molecule has 88 heavy (non-hydrogen) atoms. The Morgan fingerprint density at radius 3 is 1.07 bits per heavy atom. The molecule has 2 saturated carbocycles. The zero-order valence-corrected chi connectivity index (χ0v) is 46.6. The number of rotatable bonds is 18. The maximum Gasteiger partial charge on any atom is 0.412 e. The summed E-state index contributed by atoms with van der Waals surface area (Å²) in [5.41, 5.74) is -1.08. The quantitative estimate of drug-likeness (QED) is 0.0540. The van der Waals surface area contributed by atoms with Crippen molar-refractivity contribution in [3.63, 3.8) is 0 Å². The Morgan fingerprint density at radius 2 is 0.761 bits per heavy atom. The van der Waals surface area contributed by atoms with Gasteiger partial charge in [0.1, 0.15) is 35.1 Å². The van der Waals surface area contributed by atoms with Crippen molar-refractivity contribution in [3.8, 4) is 11.5 Å². The van der Waals surface area contributed by atoms with Crippen LogP contribution in [0.25, 0.3) is 21.9 Å². The van der Waals surface area contributed by atoms with Crippen LogP contribution in [-0.2, 0) is 27.3 Å². The zero-order chi connectivity index (χ0) is 52.2. The first-order valence-corrected chi connectivity index (χ1v) is 33.6. The Hall–Kier alpha value is -5.09. The van der Waals surface area contributed by atoms with Crippen LogP contribution in [-0.4, -0.2) is 74.9 Å². The molecule has 524 valence electrons.